The van der Waals surface area contributed by atoms with Crippen molar-refractivity contribution < 1.29 is 18.0 Å². The molecule has 2 saturated heterocycles. The summed E-state index contributed by atoms with van der Waals surface area (Å²) < 4.78 is 26.8. The zero-order valence-corrected chi connectivity index (χ0v) is 17.9. The van der Waals surface area contributed by atoms with Crippen LogP contribution in [-0.2, 0) is 19.6 Å². The summed E-state index contributed by atoms with van der Waals surface area (Å²) in [5.41, 5.74) is 0. The topological polar surface area (TPSA) is 86.8 Å². The van der Waals surface area contributed by atoms with Crippen molar-refractivity contribution in [2.24, 2.45) is 11.8 Å². The highest BCUT2D eigenvalue weighted by Crippen LogP contribution is 2.24. The lowest BCUT2D eigenvalue weighted by Crippen LogP contribution is -2.44. The first-order chi connectivity index (χ1) is 13.9. The maximum absolute atomic E-state index is 12.7. The molecule has 2 aliphatic heterocycles. The van der Waals surface area contributed by atoms with Crippen molar-refractivity contribution in [3.63, 3.8) is 0 Å². The Morgan fingerprint density at radius 2 is 1.76 bits per heavy atom. The quantitative estimate of drug-likeness (QED) is 0.759. The third-order valence-electron chi connectivity index (χ3n) is 5.85. The molecule has 3 rings (SSSR count). The summed E-state index contributed by atoms with van der Waals surface area (Å²) in [7, 11) is -3.50. The molecule has 1 N–H and O–H groups in total. The minimum absolute atomic E-state index is 0.0819. The lowest BCUT2D eigenvalue weighted by atomic mass is 9.97. The molecular weight excluding hydrogens is 390 g/mol. The normalized spacial score (nSPS) is 21.7. The molecule has 0 spiro atoms. The van der Waals surface area contributed by atoms with Gasteiger partial charge in [-0.15, -0.1) is 0 Å². The fourth-order valence-corrected chi connectivity index (χ4v) is 5.60. The SMILES string of the molecule is CC1CCCN(C(=O)CCNC(=O)C2CCN(S(=O)(=O)c3ccccc3)CC2)C1. The Kier molecular flexibility index (Phi) is 7.29. The third kappa shape index (κ3) is 5.57. The molecule has 29 heavy (non-hydrogen) atoms. The van der Waals surface area contributed by atoms with Crippen molar-refractivity contribution >= 4 is 21.8 Å². The van der Waals surface area contributed by atoms with E-state index in [-0.39, 0.29) is 22.6 Å². The predicted molar refractivity (Wildman–Crippen MR) is 111 cm³/mol. The van der Waals surface area contributed by atoms with Gasteiger partial charge >= 0.3 is 0 Å². The van der Waals surface area contributed by atoms with Gasteiger partial charge in [0.2, 0.25) is 21.8 Å². The van der Waals surface area contributed by atoms with Crippen LogP contribution >= 0.6 is 0 Å². The fourth-order valence-electron chi connectivity index (χ4n) is 4.11. The standard InChI is InChI=1S/C21H31N3O4S/c1-17-6-5-13-23(16-17)20(25)9-12-22-21(26)18-10-14-24(15-11-18)29(27,28)19-7-3-2-4-8-19/h2-4,7-8,17-18H,5-6,9-16H2,1H3,(H,22,26). The predicted octanol–water partition coefficient (Wildman–Crippen LogP) is 1.85. The molecule has 2 heterocycles. The Bertz CT molecular complexity index is 804. The van der Waals surface area contributed by atoms with Crippen LogP contribution in [0.3, 0.4) is 0 Å². The van der Waals surface area contributed by atoms with E-state index in [1.165, 1.54) is 10.7 Å². The molecule has 0 radical (unpaired) electrons. The van der Waals surface area contributed by atoms with Crippen LogP contribution < -0.4 is 5.32 Å². The molecule has 1 aromatic rings. The van der Waals surface area contributed by atoms with E-state index >= 15 is 0 Å². The molecule has 2 fully saturated rings. The van der Waals surface area contributed by atoms with Crippen molar-refractivity contribution in [2.45, 2.75) is 43.9 Å². The number of hydrogen-bond donors (Lipinski definition) is 1. The highest BCUT2D eigenvalue weighted by atomic mass is 32.2. The largest absolute Gasteiger partial charge is 0.355 e. The maximum atomic E-state index is 12.7. The van der Waals surface area contributed by atoms with Gasteiger partial charge in [0.1, 0.15) is 0 Å². The Morgan fingerprint density at radius 1 is 1.07 bits per heavy atom. The van der Waals surface area contributed by atoms with Crippen molar-refractivity contribution in [1.29, 1.82) is 0 Å². The first kappa shape index (κ1) is 21.8. The van der Waals surface area contributed by atoms with E-state index in [0.29, 0.717) is 44.8 Å². The minimum atomic E-state index is -3.50. The highest BCUT2D eigenvalue weighted by Gasteiger charge is 2.32. The van der Waals surface area contributed by atoms with Gasteiger partial charge in [-0.05, 0) is 43.7 Å². The zero-order valence-electron chi connectivity index (χ0n) is 17.0. The lowest BCUT2D eigenvalue weighted by Gasteiger charge is -2.31. The Morgan fingerprint density at radius 3 is 2.41 bits per heavy atom. The molecule has 8 heteroatoms. The van der Waals surface area contributed by atoms with Crippen molar-refractivity contribution in [3.8, 4) is 0 Å². The molecule has 2 amide bonds. The van der Waals surface area contributed by atoms with Crippen LogP contribution in [0.4, 0.5) is 0 Å². The number of carbonyl (C=O) groups excluding carboxylic acids is 2. The van der Waals surface area contributed by atoms with Crippen LogP contribution in [0.1, 0.15) is 39.0 Å². The number of nitrogens with zero attached hydrogens (tertiary/aromatic N) is 2. The Labute approximate surface area is 173 Å². The Hall–Kier alpha value is -1.93. The first-order valence-corrected chi connectivity index (χ1v) is 11.9. The van der Waals surface area contributed by atoms with E-state index in [0.717, 1.165) is 19.5 Å². The molecular formula is C21H31N3O4S. The summed E-state index contributed by atoms with van der Waals surface area (Å²) in [5, 5.41) is 2.86. The van der Waals surface area contributed by atoms with E-state index in [1.807, 2.05) is 4.90 Å². The van der Waals surface area contributed by atoms with Gasteiger partial charge < -0.3 is 10.2 Å². The summed E-state index contributed by atoms with van der Waals surface area (Å²) in [4.78, 5) is 26.9. The molecule has 0 bridgehead atoms. The number of nitrogens with one attached hydrogen (secondary N) is 1. The second-order valence-electron chi connectivity index (χ2n) is 8.12. The monoisotopic (exact) mass is 421 g/mol. The number of hydrogen-bond acceptors (Lipinski definition) is 4. The van der Waals surface area contributed by atoms with Gasteiger partial charge in [-0.3, -0.25) is 9.59 Å². The van der Waals surface area contributed by atoms with Crippen LogP contribution in [0.2, 0.25) is 0 Å². The van der Waals surface area contributed by atoms with Crippen LogP contribution in [-0.4, -0.2) is 62.2 Å². The van der Waals surface area contributed by atoms with Gasteiger partial charge in [0, 0.05) is 45.1 Å². The van der Waals surface area contributed by atoms with Gasteiger partial charge in [0.15, 0.2) is 0 Å². The molecule has 1 unspecified atom stereocenters. The average Bonchev–Trinajstić information content (AvgIpc) is 2.74. The van der Waals surface area contributed by atoms with E-state index in [2.05, 4.69) is 12.2 Å². The summed E-state index contributed by atoms with van der Waals surface area (Å²) in [5.74, 6) is 0.351. The third-order valence-corrected chi connectivity index (χ3v) is 7.77. The van der Waals surface area contributed by atoms with E-state index < -0.39 is 10.0 Å². The first-order valence-electron chi connectivity index (χ1n) is 10.5. The van der Waals surface area contributed by atoms with E-state index in [4.69, 9.17) is 0 Å². The van der Waals surface area contributed by atoms with E-state index in [9.17, 15) is 18.0 Å². The lowest BCUT2D eigenvalue weighted by molar-refractivity contribution is -0.133. The minimum Gasteiger partial charge on any atom is -0.355 e. The zero-order chi connectivity index (χ0) is 20.9. The van der Waals surface area contributed by atoms with Gasteiger partial charge in [0.05, 0.1) is 4.90 Å². The number of rotatable bonds is 6. The summed E-state index contributed by atoms with van der Waals surface area (Å²) in [6, 6.07) is 8.38. The van der Waals surface area contributed by atoms with Crippen LogP contribution in [0.25, 0.3) is 0 Å². The van der Waals surface area contributed by atoms with Crippen molar-refractivity contribution in [3.05, 3.63) is 30.3 Å². The number of sulfonamides is 1. The molecule has 0 saturated carbocycles. The van der Waals surface area contributed by atoms with Gasteiger partial charge in [0.25, 0.3) is 0 Å². The molecule has 0 aromatic heterocycles. The van der Waals surface area contributed by atoms with Gasteiger partial charge in [-0.25, -0.2) is 8.42 Å². The average molecular weight is 422 g/mol. The summed E-state index contributed by atoms with van der Waals surface area (Å²) in [6.45, 7) is 4.78. The van der Waals surface area contributed by atoms with E-state index in [1.54, 1.807) is 30.3 Å². The van der Waals surface area contributed by atoms with Gasteiger partial charge in [-0.2, -0.15) is 4.31 Å². The molecule has 160 valence electrons. The van der Waals surface area contributed by atoms with Gasteiger partial charge in [-0.1, -0.05) is 25.1 Å². The Balaban J connectivity index is 1.41. The summed E-state index contributed by atoms with van der Waals surface area (Å²) in [6.07, 6.45) is 3.52. The maximum Gasteiger partial charge on any atom is 0.243 e. The second kappa shape index (κ2) is 9.71. The van der Waals surface area contributed by atoms with Crippen LogP contribution in [0, 0.1) is 11.8 Å². The summed E-state index contributed by atoms with van der Waals surface area (Å²) >= 11 is 0. The van der Waals surface area contributed by atoms with Crippen molar-refractivity contribution in [2.75, 3.05) is 32.7 Å². The van der Waals surface area contributed by atoms with Crippen LogP contribution in [0.5, 0.6) is 0 Å². The molecule has 1 aromatic carbocycles. The number of benzene rings is 1. The highest BCUT2D eigenvalue weighted by molar-refractivity contribution is 7.89. The number of carbonyl (C=O) groups is 2. The second-order valence-corrected chi connectivity index (χ2v) is 10.1. The fraction of sp³-hybridized carbons (Fsp3) is 0.619. The number of piperidine rings is 2. The molecule has 2 aliphatic rings. The molecule has 1 atom stereocenters. The van der Waals surface area contributed by atoms with Crippen LogP contribution in [0.15, 0.2) is 35.2 Å². The molecule has 7 nitrogen and oxygen atoms in total. The number of likely N-dealkylation sites (tertiary alicyclic amines) is 1. The number of amides is 2. The smallest absolute Gasteiger partial charge is 0.243 e. The van der Waals surface area contributed by atoms with Crippen molar-refractivity contribution in [1.82, 2.24) is 14.5 Å². The molecule has 0 aliphatic carbocycles.